The van der Waals surface area contributed by atoms with E-state index in [-0.39, 0.29) is 17.1 Å². The Morgan fingerprint density at radius 1 is 1.07 bits per heavy atom. The van der Waals surface area contributed by atoms with E-state index in [2.05, 4.69) is 5.43 Å². The van der Waals surface area contributed by atoms with E-state index in [1.165, 1.54) is 43.4 Å². The number of carbonyl (C=O) groups excluding carboxylic acids is 2. The molecular weight excluding hydrogens is 352 g/mol. The number of carboxylic acids is 1. The van der Waals surface area contributed by atoms with Crippen molar-refractivity contribution in [1.29, 1.82) is 5.41 Å². The molecule has 2 aromatic carbocycles. The molecule has 27 heavy (non-hydrogen) atoms. The van der Waals surface area contributed by atoms with E-state index in [1.54, 1.807) is 18.2 Å². The first-order valence-corrected chi connectivity index (χ1v) is 7.77. The van der Waals surface area contributed by atoms with E-state index >= 15 is 0 Å². The molecule has 0 bridgehead atoms. The third-order valence-electron chi connectivity index (χ3n) is 3.50. The second kappa shape index (κ2) is 8.48. The minimum Gasteiger partial charge on any atom is -0.478 e. The lowest BCUT2D eigenvalue weighted by Gasteiger charge is -2.22. The summed E-state index contributed by atoms with van der Waals surface area (Å²) in [6.45, 7) is 0. The number of nitrogens with two attached hydrogens (primary N) is 1. The van der Waals surface area contributed by atoms with Crippen molar-refractivity contribution in [3.63, 3.8) is 0 Å². The molecule has 1 unspecified atom stereocenters. The van der Waals surface area contributed by atoms with Gasteiger partial charge in [0.1, 0.15) is 11.6 Å². The molecule has 9 heteroatoms. The number of para-hydroxylation sites is 1. The molecule has 0 aromatic heterocycles. The fourth-order valence-electron chi connectivity index (χ4n) is 2.09. The number of hydrogen-bond donors (Lipinski definition) is 4. The maximum atomic E-state index is 12.4. The van der Waals surface area contributed by atoms with E-state index in [0.29, 0.717) is 5.56 Å². The van der Waals surface area contributed by atoms with Gasteiger partial charge in [-0.2, -0.15) is 0 Å². The molecule has 1 atom stereocenters. The summed E-state index contributed by atoms with van der Waals surface area (Å²) in [6.07, 6.45) is -1.82. The third-order valence-corrected chi connectivity index (χ3v) is 3.50. The summed E-state index contributed by atoms with van der Waals surface area (Å²) in [4.78, 5) is 36.0. The molecule has 2 amide bonds. The van der Waals surface area contributed by atoms with Crippen molar-refractivity contribution in [2.45, 2.75) is 6.10 Å². The van der Waals surface area contributed by atoms with Gasteiger partial charge in [-0.1, -0.05) is 30.3 Å². The van der Waals surface area contributed by atoms with E-state index < -0.39 is 23.9 Å². The van der Waals surface area contributed by atoms with Crippen LogP contribution in [0.5, 0.6) is 5.75 Å². The molecule has 0 fully saturated rings. The van der Waals surface area contributed by atoms with Gasteiger partial charge in [0.15, 0.2) is 0 Å². The standard InChI is InChI=1S/C18H18N4O5/c1-22(21-16(23)12-9-7-11(8-10-12)15(19)20)17(24)14(18(25)26)27-13-5-3-2-4-6-13/h2-10,14H,1H3,(H3,19,20)(H,21,23)(H,25,26). The molecule has 0 radical (unpaired) electrons. The van der Waals surface area contributed by atoms with Gasteiger partial charge in [-0.15, -0.1) is 0 Å². The molecule has 9 nitrogen and oxygen atoms in total. The summed E-state index contributed by atoms with van der Waals surface area (Å²) in [7, 11) is 1.22. The predicted octanol–water partition coefficient (Wildman–Crippen LogP) is 0.606. The summed E-state index contributed by atoms with van der Waals surface area (Å²) < 4.78 is 5.21. The van der Waals surface area contributed by atoms with Crippen LogP contribution in [-0.2, 0) is 9.59 Å². The summed E-state index contributed by atoms with van der Waals surface area (Å²) in [6, 6.07) is 13.8. The van der Waals surface area contributed by atoms with E-state index in [1.807, 2.05) is 0 Å². The molecule has 5 N–H and O–H groups in total. The lowest BCUT2D eigenvalue weighted by Crippen LogP contribution is -2.51. The number of nitrogens with one attached hydrogen (secondary N) is 2. The van der Waals surface area contributed by atoms with Gasteiger partial charge in [-0.05, 0) is 24.3 Å². The van der Waals surface area contributed by atoms with Crippen molar-refractivity contribution >= 4 is 23.6 Å². The monoisotopic (exact) mass is 370 g/mol. The van der Waals surface area contributed by atoms with Gasteiger partial charge >= 0.3 is 5.97 Å². The summed E-state index contributed by atoms with van der Waals surface area (Å²) in [5.41, 5.74) is 8.27. The lowest BCUT2D eigenvalue weighted by molar-refractivity contribution is -0.156. The van der Waals surface area contributed by atoms with E-state index in [9.17, 15) is 19.5 Å². The van der Waals surface area contributed by atoms with Crippen molar-refractivity contribution in [3.05, 3.63) is 65.7 Å². The van der Waals surface area contributed by atoms with Crippen LogP contribution in [0.3, 0.4) is 0 Å². The fraction of sp³-hybridized carbons (Fsp3) is 0.111. The summed E-state index contributed by atoms with van der Waals surface area (Å²) >= 11 is 0. The first-order valence-electron chi connectivity index (χ1n) is 7.77. The predicted molar refractivity (Wildman–Crippen MR) is 96.2 cm³/mol. The smallest absolute Gasteiger partial charge is 0.355 e. The van der Waals surface area contributed by atoms with Gasteiger partial charge in [0, 0.05) is 18.2 Å². The Kier molecular flexibility index (Phi) is 6.10. The Morgan fingerprint density at radius 3 is 2.15 bits per heavy atom. The number of amidine groups is 1. The van der Waals surface area contributed by atoms with Crippen LogP contribution in [0.2, 0.25) is 0 Å². The molecule has 140 valence electrons. The van der Waals surface area contributed by atoms with Crippen molar-refractivity contribution < 1.29 is 24.2 Å². The highest BCUT2D eigenvalue weighted by Gasteiger charge is 2.32. The van der Waals surface area contributed by atoms with Gasteiger partial charge in [0.25, 0.3) is 17.9 Å². The number of nitrogen functional groups attached to an aromatic ring is 1. The van der Waals surface area contributed by atoms with Gasteiger partial charge in [0.05, 0.1) is 0 Å². The second-order valence-corrected chi connectivity index (χ2v) is 5.48. The minimum absolute atomic E-state index is 0.142. The van der Waals surface area contributed by atoms with Crippen LogP contribution in [0.15, 0.2) is 54.6 Å². The molecule has 0 saturated heterocycles. The van der Waals surface area contributed by atoms with Crippen LogP contribution < -0.4 is 15.9 Å². The highest BCUT2D eigenvalue weighted by Crippen LogP contribution is 2.12. The van der Waals surface area contributed by atoms with Crippen molar-refractivity contribution in [2.75, 3.05) is 7.05 Å². The molecular formula is C18H18N4O5. The number of carboxylic acid groups (broad SMARTS) is 1. The SMILES string of the molecule is CN(NC(=O)c1ccc(C(=N)N)cc1)C(=O)C(Oc1ccccc1)C(=O)O. The molecule has 0 aliphatic heterocycles. The second-order valence-electron chi connectivity index (χ2n) is 5.48. The summed E-state index contributed by atoms with van der Waals surface area (Å²) in [5, 5.41) is 17.3. The maximum absolute atomic E-state index is 12.4. The number of benzene rings is 2. The molecule has 2 aromatic rings. The largest absolute Gasteiger partial charge is 0.478 e. The van der Waals surface area contributed by atoms with Crippen molar-refractivity contribution in [1.82, 2.24) is 10.4 Å². The number of aliphatic carboxylic acids is 1. The number of rotatable bonds is 6. The molecule has 0 aliphatic rings. The zero-order valence-electron chi connectivity index (χ0n) is 14.4. The Balaban J connectivity index is 2.06. The molecule has 0 spiro atoms. The van der Waals surface area contributed by atoms with Crippen LogP contribution in [-0.4, -0.2) is 46.9 Å². The number of nitrogens with zero attached hydrogens (tertiary/aromatic N) is 1. The average Bonchev–Trinajstić information content (AvgIpc) is 2.66. The van der Waals surface area contributed by atoms with Crippen LogP contribution in [0, 0.1) is 5.41 Å². The van der Waals surface area contributed by atoms with Crippen LogP contribution >= 0.6 is 0 Å². The molecule has 0 saturated carbocycles. The van der Waals surface area contributed by atoms with E-state index in [4.69, 9.17) is 15.9 Å². The van der Waals surface area contributed by atoms with Crippen molar-refractivity contribution in [2.24, 2.45) is 5.73 Å². The average molecular weight is 370 g/mol. The molecule has 2 rings (SSSR count). The first-order chi connectivity index (χ1) is 12.8. The first kappa shape index (κ1) is 19.4. The zero-order valence-corrected chi connectivity index (χ0v) is 14.4. The van der Waals surface area contributed by atoms with Gasteiger partial charge < -0.3 is 15.6 Å². The Bertz CT molecular complexity index is 852. The number of ether oxygens (including phenoxy) is 1. The molecule has 0 aliphatic carbocycles. The van der Waals surface area contributed by atoms with E-state index in [0.717, 1.165) is 5.01 Å². The van der Waals surface area contributed by atoms with Crippen molar-refractivity contribution in [3.8, 4) is 5.75 Å². The van der Waals surface area contributed by atoms with Crippen LogP contribution in [0.4, 0.5) is 0 Å². The lowest BCUT2D eigenvalue weighted by atomic mass is 10.1. The Hall–Kier alpha value is -3.88. The zero-order chi connectivity index (χ0) is 20.0. The highest BCUT2D eigenvalue weighted by atomic mass is 16.5. The van der Waals surface area contributed by atoms with Crippen LogP contribution in [0.1, 0.15) is 15.9 Å². The quantitative estimate of drug-likeness (QED) is 0.254. The Labute approximate surface area is 154 Å². The number of amides is 2. The van der Waals surface area contributed by atoms with Gasteiger partial charge in [-0.3, -0.25) is 25.4 Å². The normalized spacial score (nSPS) is 11.1. The number of hydrogen-bond acceptors (Lipinski definition) is 5. The highest BCUT2D eigenvalue weighted by molar-refractivity contribution is 6.02. The van der Waals surface area contributed by atoms with Gasteiger partial charge in [-0.25, -0.2) is 4.79 Å². The van der Waals surface area contributed by atoms with Crippen LogP contribution in [0.25, 0.3) is 0 Å². The fourth-order valence-corrected chi connectivity index (χ4v) is 2.09. The third kappa shape index (κ3) is 5.05. The molecule has 0 heterocycles. The number of hydrazine groups is 1. The van der Waals surface area contributed by atoms with Gasteiger partial charge in [0.2, 0.25) is 0 Å². The minimum atomic E-state index is -1.82. The number of carbonyl (C=O) groups is 3. The summed E-state index contributed by atoms with van der Waals surface area (Å²) in [5.74, 6) is -3.02. The Morgan fingerprint density at radius 2 is 1.63 bits per heavy atom. The maximum Gasteiger partial charge on any atom is 0.355 e. The number of likely N-dealkylation sites (N-methyl/N-ethyl adjacent to an activating group) is 1. The topological polar surface area (TPSA) is 146 Å².